The average molecular weight is 334 g/mol. The van der Waals surface area contributed by atoms with Crippen LogP contribution >= 0.6 is 0 Å². The van der Waals surface area contributed by atoms with Gasteiger partial charge in [0.2, 0.25) is 0 Å². The maximum atomic E-state index is 4.34. The van der Waals surface area contributed by atoms with E-state index in [0.717, 1.165) is 50.5 Å². The molecule has 0 unspecified atom stereocenters. The smallest absolute Gasteiger partial charge is 0.0971 e. The molecule has 0 saturated carbocycles. The van der Waals surface area contributed by atoms with Gasteiger partial charge in [-0.05, 0) is 30.7 Å². The van der Waals surface area contributed by atoms with Crippen LogP contribution in [0.3, 0.4) is 0 Å². The van der Waals surface area contributed by atoms with Crippen molar-refractivity contribution >= 4 is 5.69 Å². The van der Waals surface area contributed by atoms with E-state index in [0.29, 0.717) is 0 Å². The fourth-order valence-corrected chi connectivity index (χ4v) is 3.25. The van der Waals surface area contributed by atoms with Crippen molar-refractivity contribution in [2.45, 2.75) is 13.0 Å². The third-order valence-corrected chi connectivity index (χ3v) is 4.56. The molecule has 0 atom stereocenters. The van der Waals surface area contributed by atoms with Gasteiger partial charge in [-0.25, -0.2) is 4.68 Å². The second-order valence-corrected chi connectivity index (χ2v) is 6.31. The molecule has 128 valence electrons. The molecular formula is C19H22N6. The first-order valence-corrected chi connectivity index (χ1v) is 8.72. The molecule has 1 fully saturated rings. The molecule has 4 rings (SSSR count). The van der Waals surface area contributed by atoms with Crippen molar-refractivity contribution in [1.29, 1.82) is 0 Å². The Morgan fingerprint density at radius 3 is 2.52 bits per heavy atom. The standard InChI is InChI=1S/C19H22N6/c1-2-5-19(6-3-1)25-16-17(21-22-25)15-23-11-4-12-24(14-13-23)18-7-9-20-10-8-18/h1-3,5-10,16H,4,11-15H2. The molecule has 0 aliphatic carbocycles. The zero-order valence-electron chi connectivity index (χ0n) is 14.2. The second-order valence-electron chi connectivity index (χ2n) is 6.31. The number of benzene rings is 1. The number of hydrogen-bond acceptors (Lipinski definition) is 5. The van der Waals surface area contributed by atoms with Crippen molar-refractivity contribution in [2.75, 3.05) is 31.1 Å². The van der Waals surface area contributed by atoms with Gasteiger partial charge in [0.1, 0.15) is 0 Å². The predicted octanol–water partition coefficient (Wildman–Crippen LogP) is 2.37. The highest BCUT2D eigenvalue weighted by atomic mass is 15.4. The quantitative estimate of drug-likeness (QED) is 0.733. The van der Waals surface area contributed by atoms with Gasteiger partial charge in [-0.2, -0.15) is 0 Å². The summed E-state index contributed by atoms with van der Waals surface area (Å²) in [5.74, 6) is 0. The number of para-hydroxylation sites is 1. The highest BCUT2D eigenvalue weighted by molar-refractivity contribution is 5.44. The molecule has 6 nitrogen and oxygen atoms in total. The molecule has 1 aliphatic heterocycles. The van der Waals surface area contributed by atoms with Gasteiger partial charge in [0.25, 0.3) is 0 Å². The van der Waals surface area contributed by atoms with E-state index in [1.54, 1.807) is 0 Å². The highest BCUT2D eigenvalue weighted by Gasteiger charge is 2.16. The number of rotatable bonds is 4. The summed E-state index contributed by atoms with van der Waals surface area (Å²) in [5, 5.41) is 8.60. The molecule has 2 aromatic heterocycles. The van der Waals surface area contributed by atoms with Crippen LogP contribution in [-0.4, -0.2) is 51.1 Å². The van der Waals surface area contributed by atoms with Gasteiger partial charge in [0.15, 0.2) is 0 Å². The molecular weight excluding hydrogens is 312 g/mol. The van der Waals surface area contributed by atoms with Crippen LogP contribution in [0.4, 0.5) is 5.69 Å². The first-order valence-electron chi connectivity index (χ1n) is 8.72. The van der Waals surface area contributed by atoms with Gasteiger partial charge in [-0.3, -0.25) is 9.88 Å². The van der Waals surface area contributed by atoms with Crippen LogP contribution in [0.2, 0.25) is 0 Å². The molecule has 0 bridgehead atoms. The molecule has 0 N–H and O–H groups in total. The first kappa shape index (κ1) is 15.8. The van der Waals surface area contributed by atoms with Gasteiger partial charge in [0, 0.05) is 50.8 Å². The van der Waals surface area contributed by atoms with Gasteiger partial charge in [0.05, 0.1) is 17.6 Å². The minimum Gasteiger partial charge on any atom is -0.370 e. The Kier molecular flexibility index (Phi) is 4.70. The summed E-state index contributed by atoms with van der Waals surface area (Å²) in [5.41, 5.74) is 3.31. The summed E-state index contributed by atoms with van der Waals surface area (Å²) in [4.78, 5) is 9.00. The van der Waals surface area contributed by atoms with Crippen molar-refractivity contribution in [3.63, 3.8) is 0 Å². The SMILES string of the molecule is c1ccc(-n2cc(CN3CCCN(c4ccncc4)CC3)nn2)cc1. The van der Waals surface area contributed by atoms with Gasteiger partial charge in [-0.1, -0.05) is 23.4 Å². The minimum atomic E-state index is 0.844. The molecule has 25 heavy (non-hydrogen) atoms. The summed E-state index contributed by atoms with van der Waals surface area (Å²) >= 11 is 0. The topological polar surface area (TPSA) is 50.1 Å². The summed E-state index contributed by atoms with van der Waals surface area (Å²) in [6.45, 7) is 5.06. The summed E-state index contributed by atoms with van der Waals surface area (Å²) in [6.07, 6.45) is 6.90. The van der Waals surface area contributed by atoms with Crippen LogP contribution in [0.1, 0.15) is 12.1 Å². The number of anilines is 1. The van der Waals surface area contributed by atoms with Crippen LogP contribution in [0.5, 0.6) is 0 Å². The number of pyridine rings is 1. The lowest BCUT2D eigenvalue weighted by molar-refractivity contribution is 0.282. The fourth-order valence-electron chi connectivity index (χ4n) is 3.25. The Morgan fingerprint density at radius 1 is 0.840 bits per heavy atom. The maximum absolute atomic E-state index is 4.34. The van der Waals surface area contributed by atoms with Crippen molar-refractivity contribution in [1.82, 2.24) is 24.9 Å². The molecule has 1 aromatic carbocycles. The normalized spacial score (nSPS) is 15.9. The summed E-state index contributed by atoms with van der Waals surface area (Å²) < 4.78 is 1.84. The average Bonchev–Trinajstić information content (AvgIpc) is 3.01. The maximum Gasteiger partial charge on any atom is 0.0971 e. The molecule has 0 amide bonds. The Bertz CT molecular complexity index is 786. The van der Waals surface area contributed by atoms with E-state index < -0.39 is 0 Å². The van der Waals surface area contributed by atoms with Crippen molar-refractivity contribution in [3.05, 3.63) is 66.7 Å². The lowest BCUT2D eigenvalue weighted by Crippen LogP contribution is -2.30. The lowest BCUT2D eigenvalue weighted by Gasteiger charge is -2.23. The zero-order chi connectivity index (χ0) is 16.9. The van der Waals surface area contributed by atoms with Crippen LogP contribution in [0, 0.1) is 0 Å². The fraction of sp³-hybridized carbons (Fsp3) is 0.316. The third-order valence-electron chi connectivity index (χ3n) is 4.56. The molecule has 3 aromatic rings. The van der Waals surface area contributed by atoms with Crippen LogP contribution in [-0.2, 0) is 6.54 Å². The van der Waals surface area contributed by atoms with Crippen molar-refractivity contribution in [2.24, 2.45) is 0 Å². The predicted molar refractivity (Wildman–Crippen MR) is 97.7 cm³/mol. The minimum absolute atomic E-state index is 0.844. The first-order chi connectivity index (χ1) is 12.4. The van der Waals surface area contributed by atoms with E-state index in [2.05, 4.69) is 37.2 Å². The van der Waals surface area contributed by atoms with E-state index in [9.17, 15) is 0 Å². The zero-order valence-corrected chi connectivity index (χ0v) is 14.2. The summed E-state index contributed by atoms with van der Waals surface area (Å²) in [7, 11) is 0. The van der Waals surface area contributed by atoms with Crippen molar-refractivity contribution < 1.29 is 0 Å². The summed E-state index contributed by atoms with van der Waals surface area (Å²) in [6, 6.07) is 14.3. The van der Waals surface area contributed by atoms with E-state index in [1.807, 2.05) is 53.6 Å². The van der Waals surface area contributed by atoms with Crippen LogP contribution in [0.15, 0.2) is 61.1 Å². The van der Waals surface area contributed by atoms with Crippen LogP contribution in [0.25, 0.3) is 5.69 Å². The van der Waals surface area contributed by atoms with E-state index in [-0.39, 0.29) is 0 Å². The van der Waals surface area contributed by atoms with E-state index in [4.69, 9.17) is 0 Å². The van der Waals surface area contributed by atoms with Crippen molar-refractivity contribution in [3.8, 4) is 5.69 Å². The van der Waals surface area contributed by atoms with Crippen LogP contribution < -0.4 is 4.90 Å². The monoisotopic (exact) mass is 334 g/mol. The molecule has 1 saturated heterocycles. The Hall–Kier alpha value is -2.73. The molecule has 6 heteroatoms. The molecule has 0 spiro atoms. The largest absolute Gasteiger partial charge is 0.370 e. The van der Waals surface area contributed by atoms with E-state index in [1.165, 1.54) is 5.69 Å². The van der Waals surface area contributed by atoms with Gasteiger partial charge in [-0.15, -0.1) is 5.10 Å². The Morgan fingerprint density at radius 2 is 1.68 bits per heavy atom. The van der Waals surface area contributed by atoms with E-state index >= 15 is 0 Å². The number of nitrogens with zero attached hydrogens (tertiary/aromatic N) is 6. The Balaban J connectivity index is 1.38. The van der Waals surface area contributed by atoms with Gasteiger partial charge >= 0.3 is 0 Å². The lowest BCUT2D eigenvalue weighted by atomic mass is 10.3. The van der Waals surface area contributed by atoms with Gasteiger partial charge < -0.3 is 4.90 Å². The second kappa shape index (κ2) is 7.44. The number of aromatic nitrogens is 4. The highest BCUT2D eigenvalue weighted by Crippen LogP contribution is 2.16. The molecule has 1 aliphatic rings. The Labute approximate surface area is 147 Å². The molecule has 3 heterocycles. The number of hydrogen-bond donors (Lipinski definition) is 0. The third kappa shape index (κ3) is 3.85. The molecule has 0 radical (unpaired) electrons.